The molecule has 1 fully saturated rings. The molecule has 4 rings (SSSR count). The predicted octanol–water partition coefficient (Wildman–Crippen LogP) is 2.47. The lowest BCUT2D eigenvalue weighted by Gasteiger charge is -2.20. The van der Waals surface area contributed by atoms with Crippen LogP contribution in [0.25, 0.3) is 0 Å². The Kier molecular flexibility index (Phi) is 6.39. The van der Waals surface area contributed by atoms with Crippen molar-refractivity contribution in [3.8, 4) is 5.75 Å². The molecule has 1 N–H and O–H groups in total. The lowest BCUT2D eigenvalue weighted by atomic mass is 10.3. The van der Waals surface area contributed by atoms with Crippen LogP contribution in [0.15, 0.2) is 65.8 Å². The third-order valence-corrected chi connectivity index (χ3v) is 7.25. The Morgan fingerprint density at radius 1 is 1.18 bits per heavy atom. The molecule has 33 heavy (non-hydrogen) atoms. The van der Waals surface area contributed by atoms with Crippen LogP contribution in [0.5, 0.6) is 5.75 Å². The monoisotopic (exact) mass is 469 g/mol. The number of nitrogens with one attached hydrogen (secondary N) is 1. The van der Waals surface area contributed by atoms with Crippen LogP contribution < -0.4 is 14.4 Å². The van der Waals surface area contributed by atoms with Crippen LogP contribution in [0.2, 0.25) is 0 Å². The third kappa shape index (κ3) is 5.52. The SMILES string of the molecule is CC(=O)Nc1ccc(S(=O)(=O)N(C)c2ccc(OCC3CN3Cc3cnn(C)c3)cc2)cc1. The number of amides is 1. The van der Waals surface area contributed by atoms with Crippen molar-refractivity contribution < 1.29 is 17.9 Å². The van der Waals surface area contributed by atoms with Gasteiger partial charge in [0.2, 0.25) is 5.91 Å². The second-order valence-corrected chi connectivity index (χ2v) is 10.1. The van der Waals surface area contributed by atoms with Crippen LogP contribution >= 0.6 is 0 Å². The molecule has 0 saturated carbocycles. The largest absolute Gasteiger partial charge is 0.492 e. The number of aromatic nitrogens is 2. The summed E-state index contributed by atoms with van der Waals surface area (Å²) in [5.74, 6) is 0.477. The molecule has 3 aromatic rings. The van der Waals surface area contributed by atoms with Gasteiger partial charge in [0.25, 0.3) is 10.0 Å². The highest BCUT2D eigenvalue weighted by molar-refractivity contribution is 7.92. The van der Waals surface area contributed by atoms with Gasteiger partial charge in [-0.25, -0.2) is 8.42 Å². The van der Waals surface area contributed by atoms with E-state index in [4.69, 9.17) is 4.74 Å². The molecule has 1 aliphatic rings. The van der Waals surface area contributed by atoms with E-state index in [1.165, 1.54) is 36.0 Å². The molecule has 10 heteroatoms. The maximum absolute atomic E-state index is 13.0. The second kappa shape index (κ2) is 9.24. The quantitative estimate of drug-likeness (QED) is 0.484. The minimum atomic E-state index is -3.73. The maximum Gasteiger partial charge on any atom is 0.264 e. The number of sulfonamides is 1. The van der Waals surface area contributed by atoms with Gasteiger partial charge in [0.1, 0.15) is 12.4 Å². The molecule has 2 atom stereocenters. The molecule has 2 heterocycles. The van der Waals surface area contributed by atoms with E-state index in [1.54, 1.807) is 41.1 Å². The number of aryl methyl sites for hydroxylation is 1. The number of benzene rings is 2. The Hall–Kier alpha value is -3.37. The lowest BCUT2D eigenvalue weighted by Crippen LogP contribution is -2.26. The van der Waals surface area contributed by atoms with Crippen molar-refractivity contribution in [2.45, 2.75) is 24.4 Å². The molecule has 0 spiro atoms. The normalized spacial score (nSPS) is 17.4. The average molecular weight is 470 g/mol. The van der Waals surface area contributed by atoms with Crippen molar-refractivity contribution in [1.29, 1.82) is 0 Å². The summed E-state index contributed by atoms with van der Waals surface area (Å²) in [4.78, 5) is 13.6. The van der Waals surface area contributed by atoms with Crippen LogP contribution in [-0.2, 0) is 28.4 Å². The fourth-order valence-corrected chi connectivity index (χ4v) is 4.71. The Morgan fingerprint density at radius 3 is 2.48 bits per heavy atom. The van der Waals surface area contributed by atoms with Gasteiger partial charge in [-0.15, -0.1) is 0 Å². The summed E-state index contributed by atoms with van der Waals surface area (Å²) < 4.78 is 34.8. The number of rotatable bonds is 9. The van der Waals surface area contributed by atoms with E-state index in [2.05, 4.69) is 15.3 Å². The highest BCUT2D eigenvalue weighted by atomic mass is 32.2. The standard InChI is InChI=1S/C23H27N5O4S/c1-17(29)25-19-4-10-23(11-5-19)33(30,31)27(3)20-6-8-22(9-7-20)32-16-21-15-28(21)14-18-12-24-26(2)13-18/h4-13,21H,14-16H2,1-3H3,(H,25,29). The fourth-order valence-electron chi connectivity index (χ4n) is 3.52. The summed E-state index contributed by atoms with van der Waals surface area (Å²) in [6.45, 7) is 3.81. The summed E-state index contributed by atoms with van der Waals surface area (Å²) in [5.41, 5.74) is 2.25. The molecule has 1 saturated heterocycles. The smallest absolute Gasteiger partial charge is 0.264 e. The van der Waals surface area contributed by atoms with E-state index in [1.807, 2.05) is 19.4 Å². The van der Waals surface area contributed by atoms with Gasteiger partial charge in [-0.3, -0.25) is 18.7 Å². The highest BCUT2D eigenvalue weighted by Gasteiger charge is 2.34. The zero-order valence-corrected chi connectivity index (χ0v) is 19.6. The number of nitrogens with zero attached hydrogens (tertiary/aromatic N) is 4. The molecule has 1 aliphatic heterocycles. The van der Waals surface area contributed by atoms with Gasteiger partial charge in [-0.2, -0.15) is 5.10 Å². The van der Waals surface area contributed by atoms with Gasteiger partial charge in [-0.1, -0.05) is 0 Å². The van der Waals surface area contributed by atoms with E-state index in [9.17, 15) is 13.2 Å². The average Bonchev–Trinajstić information content (AvgIpc) is 3.40. The van der Waals surface area contributed by atoms with Crippen molar-refractivity contribution >= 4 is 27.3 Å². The first-order chi connectivity index (χ1) is 15.7. The molecule has 2 unspecified atom stereocenters. The van der Waals surface area contributed by atoms with Gasteiger partial charge in [0.15, 0.2) is 0 Å². The Balaban J connectivity index is 1.32. The molecule has 0 aliphatic carbocycles. The Labute approximate surface area is 193 Å². The third-order valence-electron chi connectivity index (χ3n) is 5.45. The van der Waals surface area contributed by atoms with E-state index < -0.39 is 10.0 Å². The van der Waals surface area contributed by atoms with Gasteiger partial charge >= 0.3 is 0 Å². The molecule has 0 radical (unpaired) electrons. The zero-order valence-electron chi connectivity index (χ0n) is 18.8. The van der Waals surface area contributed by atoms with Gasteiger partial charge in [0.05, 0.1) is 22.8 Å². The number of hydrogen-bond acceptors (Lipinski definition) is 6. The summed E-state index contributed by atoms with van der Waals surface area (Å²) in [6.07, 6.45) is 3.88. The van der Waals surface area contributed by atoms with Crippen LogP contribution in [0.4, 0.5) is 11.4 Å². The summed E-state index contributed by atoms with van der Waals surface area (Å²) in [6, 6.07) is 13.4. The zero-order chi connectivity index (χ0) is 23.6. The minimum absolute atomic E-state index is 0.141. The Morgan fingerprint density at radius 2 is 1.88 bits per heavy atom. The van der Waals surface area contributed by atoms with Crippen molar-refractivity contribution in [3.63, 3.8) is 0 Å². The van der Waals surface area contributed by atoms with Crippen molar-refractivity contribution in [2.24, 2.45) is 7.05 Å². The molecule has 174 valence electrons. The first-order valence-corrected chi connectivity index (χ1v) is 12.0. The molecule has 2 aromatic carbocycles. The number of anilines is 2. The molecule has 0 bridgehead atoms. The molecular weight excluding hydrogens is 442 g/mol. The maximum atomic E-state index is 13.0. The van der Waals surface area contributed by atoms with Crippen molar-refractivity contribution in [2.75, 3.05) is 29.8 Å². The van der Waals surface area contributed by atoms with Crippen molar-refractivity contribution in [1.82, 2.24) is 14.7 Å². The van der Waals surface area contributed by atoms with Gasteiger partial charge in [-0.05, 0) is 48.5 Å². The van der Waals surface area contributed by atoms with Crippen LogP contribution in [-0.4, -0.2) is 55.2 Å². The molecule has 1 amide bonds. The minimum Gasteiger partial charge on any atom is -0.492 e. The number of carbonyl (C=O) groups is 1. The van der Waals surface area contributed by atoms with Crippen LogP contribution in [0, 0.1) is 0 Å². The molecular formula is C23H27N5O4S. The van der Waals surface area contributed by atoms with E-state index in [0.717, 1.165) is 13.1 Å². The first-order valence-electron chi connectivity index (χ1n) is 10.5. The lowest BCUT2D eigenvalue weighted by molar-refractivity contribution is -0.114. The fraction of sp³-hybridized carbons (Fsp3) is 0.304. The van der Waals surface area contributed by atoms with E-state index in [0.29, 0.717) is 29.8 Å². The van der Waals surface area contributed by atoms with Gasteiger partial charge in [0, 0.05) is 51.6 Å². The second-order valence-electron chi connectivity index (χ2n) is 8.09. The predicted molar refractivity (Wildman–Crippen MR) is 126 cm³/mol. The number of hydrogen-bond donors (Lipinski definition) is 1. The highest BCUT2D eigenvalue weighted by Crippen LogP contribution is 2.26. The Bertz CT molecular complexity index is 1220. The number of ether oxygens (including phenoxy) is 1. The summed E-state index contributed by atoms with van der Waals surface area (Å²) in [7, 11) is -0.322. The van der Waals surface area contributed by atoms with Crippen LogP contribution in [0.3, 0.4) is 0 Å². The summed E-state index contributed by atoms with van der Waals surface area (Å²) in [5, 5.41) is 6.81. The number of carbonyl (C=O) groups excluding carboxylic acids is 1. The van der Waals surface area contributed by atoms with E-state index in [-0.39, 0.29) is 10.8 Å². The topological polar surface area (TPSA) is 96.5 Å². The van der Waals surface area contributed by atoms with Crippen molar-refractivity contribution in [3.05, 3.63) is 66.5 Å². The molecule has 9 nitrogen and oxygen atoms in total. The van der Waals surface area contributed by atoms with Gasteiger partial charge < -0.3 is 10.1 Å². The summed E-state index contributed by atoms with van der Waals surface area (Å²) >= 11 is 0. The van der Waals surface area contributed by atoms with Crippen LogP contribution in [0.1, 0.15) is 12.5 Å². The molecule has 1 aromatic heterocycles. The van der Waals surface area contributed by atoms with E-state index >= 15 is 0 Å². The first kappa shape index (κ1) is 22.8.